The molecular formula is C23H22N4O3. The van der Waals surface area contributed by atoms with Crippen LogP contribution in [0.25, 0.3) is 16.7 Å². The van der Waals surface area contributed by atoms with Crippen molar-refractivity contribution in [2.45, 2.75) is 13.8 Å². The van der Waals surface area contributed by atoms with E-state index in [0.29, 0.717) is 17.0 Å². The lowest BCUT2D eigenvalue weighted by Gasteiger charge is -2.09. The van der Waals surface area contributed by atoms with E-state index in [2.05, 4.69) is 15.5 Å². The maximum atomic E-state index is 12.3. The molecular weight excluding hydrogens is 380 g/mol. The SMILES string of the molecule is COc1ccc(-n2nc3cc(C)c(NC(=O)COc4ccc(C)cc4)cc3n2)cc1. The van der Waals surface area contributed by atoms with Gasteiger partial charge in [0.1, 0.15) is 22.5 Å². The summed E-state index contributed by atoms with van der Waals surface area (Å²) in [6.07, 6.45) is 0. The van der Waals surface area contributed by atoms with E-state index in [4.69, 9.17) is 9.47 Å². The number of amides is 1. The largest absolute Gasteiger partial charge is 0.497 e. The molecule has 0 unspecified atom stereocenters. The van der Waals surface area contributed by atoms with Crippen LogP contribution in [0, 0.1) is 13.8 Å². The number of anilines is 1. The summed E-state index contributed by atoms with van der Waals surface area (Å²) in [5.74, 6) is 1.19. The van der Waals surface area contributed by atoms with Crippen LogP contribution in [-0.4, -0.2) is 34.6 Å². The molecule has 0 atom stereocenters. The Morgan fingerprint density at radius 3 is 2.23 bits per heavy atom. The molecule has 152 valence electrons. The highest BCUT2D eigenvalue weighted by atomic mass is 16.5. The topological polar surface area (TPSA) is 78.3 Å². The minimum Gasteiger partial charge on any atom is -0.497 e. The minimum absolute atomic E-state index is 0.0704. The smallest absolute Gasteiger partial charge is 0.262 e. The lowest BCUT2D eigenvalue weighted by molar-refractivity contribution is -0.118. The van der Waals surface area contributed by atoms with Crippen LogP contribution in [0.5, 0.6) is 11.5 Å². The number of nitrogens with zero attached hydrogens (tertiary/aromatic N) is 3. The van der Waals surface area contributed by atoms with Gasteiger partial charge in [0.05, 0.1) is 12.8 Å². The number of hydrogen-bond acceptors (Lipinski definition) is 5. The van der Waals surface area contributed by atoms with Gasteiger partial charge in [-0.2, -0.15) is 4.80 Å². The van der Waals surface area contributed by atoms with E-state index in [1.54, 1.807) is 11.9 Å². The molecule has 0 saturated heterocycles. The van der Waals surface area contributed by atoms with Gasteiger partial charge in [-0.3, -0.25) is 4.79 Å². The van der Waals surface area contributed by atoms with Gasteiger partial charge in [-0.15, -0.1) is 10.2 Å². The molecule has 0 fully saturated rings. The molecule has 0 aliphatic heterocycles. The van der Waals surface area contributed by atoms with E-state index in [1.165, 1.54) is 0 Å². The summed E-state index contributed by atoms with van der Waals surface area (Å²) in [5, 5.41) is 12.0. The molecule has 1 N–H and O–H groups in total. The molecule has 1 heterocycles. The Hall–Kier alpha value is -3.87. The maximum Gasteiger partial charge on any atom is 0.262 e. The molecule has 3 aromatic carbocycles. The third-order valence-corrected chi connectivity index (χ3v) is 4.69. The van der Waals surface area contributed by atoms with Crippen molar-refractivity contribution in [3.63, 3.8) is 0 Å². The van der Waals surface area contributed by atoms with Gasteiger partial charge in [-0.25, -0.2) is 0 Å². The van der Waals surface area contributed by atoms with Gasteiger partial charge >= 0.3 is 0 Å². The number of rotatable bonds is 6. The highest BCUT2D eigenvalue weighted by Crippen LogP contribution is 2.23. The first kappa shape index (κ1) is 19.4. The predicted octanol–water partition coefficient (Wildman–Crippen LogP) is 4.06. The Labute approximate surface area is 174 Å². The molecule has 30 heavy (non-hydrogen) atoms. The van der Waals surface area contributed by atoms with Crippen molar-refractivity contribution in [2.24, 2.45) is 0 Å². The first-order valence-corrected chi connectivity index (χ1v) is 9.53. The number of fused-ring (bicyclic) bond motifs is 1. The van der Waals surface area contributed by atoms with Crippen molar-refractivity contribution in [1.29, 1.82) is 0 Å². The molecule has 4 aromatic rings. The van der Waals surface area contributed by atoms with E-state index in [0.717, 1.165) is 28.1 Å². The predicted molar refractivity (Wildman–Crippen MR) is 115 cm³/mol. The van der Waals surface area contributed by atoms with Gasteiger partial charge < -0.3 is 14.8 Å². The van der Waals surface area contributed by atoms with Gasteiger partial charge in [-0.05, 0) is 67.9 Å². The summed E-state index contributed by atoms with van der Waals surface area (Å²) in [7, 11) is 1.62. The van der Waals surface area contributed by atoms with Crippen molar-refractivity contribution in [1.82, 2.24) is 15.0 Å². The fourth-order valence-corrected chi connectivity index (χ4v) is 3.00. The first-order valence-electron chi connectivity index (χ1n) is 9.53. The number of carbonyl (C=O) groups excluding carboxylic acids is 1. The van der Waals surface area contributed by atoms with E-state index in [9.17, 15) is 4.79 Å². The molecule has 0 aliphatic carbocycles. The first-order chi connectivity index (χ1) is 14.5. The number of hydrogen-bond donors (Lipinski definition) is 1. The van der Waals surface area contributed by atoms with Crippen LogP contribution in [-0.2, 0) is 4.79 Å². The number of carbonyl (C=O) groups is 1. The van der Waals surface area contributed by atoms with Gasteiger partial charge in [0.2, 0.25) is 0 Å². The van der Waals surface area contributed by atoms with Crippen LogP contribution in [0.15, 0.2) is 60.7 Å². The Bertz CT molecular complexity index is 1180. The van der Waals surface area contributed by atoms with Crippen molar-refractivity contribution in [3.8, 4) is 17.2 Å². The van der Waals surface area contributed by atoms with Crippen LogP contribution >= 0.6 is 0 Å². The standard InChI is InChI=1S/C23H22N4O3/c1-15-4-8-19(9-5-15)30-14-23(28)24-20-13-22-21(12-16(20)2)25-27(26-22)17-6-10-18(29-3)11-7-17/h4-13H,14H2,1-3H3,(H,24,28). The molecule has 0 aliphatic rings. The monoisotopic (exact) mass is 402 g/mol. The molecule has 0 radical (unpaired) electrons. The lowest BCUT2D eigenvalue weighted by atomic mass is 10.1. The Kier molecular flexibility index (Phi) is 5.34. The highest BCUT2D eigenvalue weighted by Gasteiger charge is 2.11. The number of aryl methyl sites for hydroxylation is 2. The second-order valence-electron chi connectivity index (χ2n) is 6.99. The molecule has 1 amide bonds. The summed E-state index contributed by atoms with van der Waals surface area (Å²) < 4.78 is 10.7. The molecule has 7 heteroatoms. The normalized spacial score (nSPS) is 10.8. The van der Waals surface area contributed by atoms with Crippen LogP contribution in [0.3, 0.4) is 0 Å². The number of aromatic nitrogens is 3. The summed E-state index contributed by atoms with van der Waals surface area (Å²) in [6.45, 7) is 3.85. The number of nitrogens with one attached hydrogen (secondary N) is 1. The van der Waals surface area contributed by atoms with E-state index in [1.807, 2.05) is 74.5 Å². The van der Waals surface area contributed by atoms with Crippen LogP contribution in [0.4, 0.5) is 5.69 Å². The molecule has 1 aromatic heterocycles. The summed E-state index contributed by atoms with van der Waals surface area (Å²) >= 11 is 0. The quantitative estimate of drug-likeness (QED) is 0.526. The lowest BCUT2D eigenvalue weighted by Crippen LogP contribution is -2.20. The Morgan fingerprint density at radius 2 is 1.57 bits per heavy atom. The van der Waals surface area contributed by atoms with Crippen molar-refractivity contribution < 1.29 is 14.3 Å². The third-order valence-electron chi connectivity index (χ3n) is 4.69. The average molecular weight is 402 g/mol. The van der Waals surface area contributed by atoms with Gasteiger partial charge in [-0.1, -0.05) is 17.7 Å². The van der Waals surface area contributed by atoms with Gasteiger partial charge in [0.25, 0.3) is 5.91 Å². The molecule has 0 saturated carbocycles. The number of methoxy groups -OCH3 is 1. The van der Waals surface area contributed by atoms with Crippen molar-refractivity contribution >= 4 is 22.6 Å². The minimum atomic E-state index is -0.236. The van der Waals surface area contributed by atoms with E-state index >= 15 is 0 Å². The summed E-state index contributed by atoms with van der Waals surface area (Å²) in [4.78, 5) is 13.9. The Balaban J connectivity index is 1.49. The molecule has 7 nitrogen and oxygen atoms in total. The summed E-state index contributed by atoms with van der Waals surface area (Å²) in [6, 6.07) is 18.8. The second-order valence-corrected chi connectivity index (χ2v) is 6.99. The van der Waals surface area contributed by atoms with Crippen molar-refractivity contribution in [3.05, 3.63) is 71.8 Å². The highest BCUT2D eigenvalue weighted by molar-refractivity contribution is 5.95. The zero-order valence-electron chi connectivity index (χ0n) is 17.0. The van der Waals surface area contributed by atoms with Crippen molar-refractivity contribution in [2.75, 3.05) is 19.0 Å². The molecule has 0 bridgehead atoms. The second kappa shape index (κ2) is 8.24. The summed E-state index contributed by atoms with van der Waals surface area (Å²) in [5.41, 5.74) is 4.97. The van der Waals surface area contributed by atoms with Gasteiger partial charge in [0.15, 0.2) is 6.61 Å². The van der Waals surface area contributed by atoms with Crippen LogP contribution < -0.4 is 14.8 Å². The van der Waals surface area contributed by atoms with Crippen LogP contribution in [0.1, 0.15) is 11.1 Å². The third kappa shape index (κ3) is 4.25. The fourth-order valence-electron chi connectivity index (χ4n) is 3.00. The maximum absolute atomic E-state index is 12.3. The number of benzene rings is 3. The zero-order valence-corrected chi connectivity index (χ0v) is 17.0. The fraction of sp³-hybridized carbons (Fsp3) is 0.174. The zero-order chi connectivity index (χ0) is 21.1. The molecule has 0 spiro atoms. The van der Waals surface area contributed by atoms with Gasteiger partial charge in [0, 0.05) is 5.69 Å². The average Bonchev–Trinajstić information content (AvgIpc) is 3.16. The molecule has 4 rings (SSSR count). The van der Waals surface area contributed by atoms with E-state index in [-0.39, 0.29) is 12.5 Å². The van der Waals surface area contributed by atoms with E-state index < -0.39 is 0 Å². The number of ether oxygens (including phenoxy) is 2. The Morgan fingerprint density at radius 1 is 0.933 bits per heavy atom. The van der Waals surface area contributed by atoms with Crippen LogP contribution in [0.2, 0.25) is 0 Å².